The zero-order valence-corrected chi connectivity index (χ0v) is 19.7. The second kappa shape index (κ2) is 8.00. The summed E-state index contributed by atoms with van der Waals surface area (Å²) in [5, 5.41) is 14.6. The van der Waals surface area contributed by atoms with Gasteiger partial charge in [-0.05, 0) is 30.7 Å². The molecule has 3 aliphatic heterocycles. The Morgan fingerprint density at radius 3 is 2.83 bits per heavy atom. The summed E-state index contributed by atoms with van der Waals surface area (Å²) in [7, 11) is 0. The summed E-state index contributed by atoms with van der Waals surface area (Å²) in [5.41, 5.74) is 2.21. The number of nitrogens with zero attached hydrogens (tertiary/aromatic N) is 3. The van der Waals surface area contributed by atoms with Crippen molar-refractivity contribution >= 4 is 34.8 Å². The molecule has 1 aromatic heterocycles. The molecular weight excluding hydrogens is 464 g/mol. The molecule has 3 aromatic rings. The fourth-order valence-corrected chi connectivity index (χ4v) is 7.40. The van der Waals surface area contributed by atoms with E-state index in [9.17, 15) is 19.7 Å². The number of fused-ring (bicyclic) bond motifs is 4. The maximum absolute atomic E-state index is 14.3. The highest BCUT2D eigenvalue weighted by atomic mass is 32.2. The number of aromatic nitrogens is 1. The molecule has 0 radical (unpaired) electrons. The summed E-state index contributed by atoms with van der Waals surface area (Å²) in [6, 6.07) is 17.3. The number of non-ortho nitro benzene ring substituents is 1. The maximum atomic E-state index is 14.3. The van der Waals surface area contributed by atoms with Crippen LogP contribution in [0.4, 0.5) is 11.4 Å². The molecule has 2 saturated heterocycles. The van der Waals surface area contributed by atoms with E-state index in [1.807, 2.05) is 31.2 Å². The minimum Gasteiger partial charge on any atom is -0.324 e. The van der Waals surface area contributed by atoms with E-state index in [1.165, 1.54) is 6.07 Å². The number of thioether (sulfide) groups is 1. The first-order valence-corrected chi connectivity index (χ1v) is 12.5. The molecule has 176 valence electrons. The molecule has 0 bridgehead atoms. The van der Waals surface area contributed by atoms with Crippen LogP contribution in [0.2, 0.25) is 0 Å². The topological polar surface area (TPSA) is 105 Å². The number of hydrogen-bond donors (Lipinski definition) is 1. The van der Waals surface area contributed by atoms with E-state index >= 15 is 0 Å². The number of carbonyl (C=O) groups is 2. The highest BCUT2D eigenvalue weighted by Gasteiger charge is 2.69. The fraction of sp³-hybridized carbons (Fsp3) is 0.269. The number of nitrogens with one attached hydrogen (secondary N) is 1. The third-order valence-electron chi connectivity index (χ3n) is 7.44. The number of nitro benzene ring substituents is 1. The van der Waals surface area contributed by atoms with Gasteiger partial charge in [-0.25, -0.2) is 0 Å². The van der Waals surface area contributed by atoms with Crippen LogP contribution in [0.25, 0.3) is 0 Å². The zero-order valence-electron chi connectivity index (χ0n) is 18.9. The van der Waals surface area contributed by atoms with Gasteiger partial charge in [-0.15, -0.1) is 11.8 Å². The van der Waals surface area contributed by atoms with Gasteiger partial charge < -0.3 is 5.32 Å². The number of amides is 1. The van der Waals surface area contributed by atoms with Gasteiger partial charge in [0, 0.05) is 53.2 Å². The molecule has 4 atom stereocenters. The fourth-order valence-electron chi connectivity index (χ4n) is 6.08. The van der Waals surface area contributed by atoms with Gasteiger partial charge in [-0.2, -0.15) is 0 Å². The van der Waals surface area contributed by atoms with Gasteiger partial charge in [0.25, 0.3) is 5.69 Å². The van der Waals surface area contributed by atoms with Crippen LogP contribution >= 0.6 is 11.8 Å². The number of carbonyl (C=O) groups excluding carboxylic acids is 2. The van der Waals surface area contributed by atoms with Gasteiger partial charge in [-0.1, -0.05) is 35.9 Å². The number of aryl methyl sites for hydroxylation is 1. The van der Waals surface area contributed by atoms with Gasteiger partial charge in [-0.3, -0.25) is 29.6 Å². The summed E-state index contributed by atoms with van der Waals surface area (Å²) in [5.74, 6) is -0.373. The van der Waals surface area contributed by atoms with E-state index in [1.54, 1.807) is 48.3 Å². The number of rotatable bonds is 4. The lowest BCUT2D eigenvalue weighted by molar-refractivity contribution is -0.384. The van der Waals surface area contributed by atoms with Crippen LogP contribution < -0.4 is 5.32 Å². The van der Waals surface area contributed by atoms with E-state index in [0.29, 0.717) is 17.1 Å². The van der Waals surface area contributed by atoms with Crippen molar-refractivity contribution in [2.45, 2.75) is 24.4 Å². The Bertz CT molecular complexity index is 1380. The SMILES string of the molecule is Cc1ccc2c(c1)[C@]1(C(=O)N2)[C@@H](C(=O)c2ccccn2)[C@@H](c2cccc([N+](=O)[O-])c2)[C@@H]2CSCN21. The van der Waals surface area contributed by atoms with Gasteiger partial charge in [0.1, 0.15) is 11.2 Å². The Morgan fingerprint density at radius 2 is 2.06 bits per heavy atom. The second-order valence-electron chi connectivity index (χ2n) is 9.24. The molecule has 1 amide bonds. The van der Waals surface area contributed by atoms with Crippen LogP contribution in [0.1, 0.15) is 33.1 Å². The summed E-state index contributed by atoms with van der Waals surface area (Å²) >= 11 is 1.71. The standard InChI is InChI=1S/C26H22N4O4S/c1-15-8-9-19-18(11-15)26(25(32)28-19)23(24(31)20-7-2-3-10-27-20)22(21-13-35-14-29(21)26)16-5-4-6-17(12-16)30(33)34/h2-12,21-23H,13-14H2,1H3,(H,28,32)/t21-,22-,23+,26+/m0/s1. The molecule has 0 unspecified atom stereocenters. The van der Waals surface area contributed by atoms with E-state index in [0.717, 1.165) is 16.9 Å². The van der Waals surface area contributed by atoms with Gasteiger partial charge in [0.15, 0.2) is 5.78 Å². The number of benzene rings is 2. The third-order valence-corrected chi connectivity index (χ3v) is 8.48. The quantitative estimate of drug-likeness (QED) is 0.336. The molecule has 4 heterocycles. The Morgan fingerprint density at radius 1 is 1.20 bits per heavy atom. The Hall–Kier alpha value is -3.56. The summed E-state index contributed by atoms with van der Waals surface area (Å²) in [4.78, 5) is 45.9. The van der Waals surface area contributed by atoms with Crippen molar-refractivity contribution in [1.82, 2.24) is 9.88 Å². The lowest BCUT2D eigenvalue weighted by Crippen LogP contribution is -2.52. The van der Waals surface area contributed by atoms with Gasteiger partial charge in [0.2, 0.25) is 5.91 Å². The molecule has 0 saturated carbocycles. The highest BCUT2D eigenvalue weighted by molar-refractivity contribution is 7.99. The maximum Gasteiger partial charge on any atom is 0.269 e. The molecular formula is C26H22N4O4S. The van der Waals surface area contributed by atoms with Crippen LogP contribution in [-0.2, 0) is 10.3 Å². The summed E-state index contributed by atoms with van der Waals surface area (Å²) < 4.78 is 0. The monoisotopic (exact) mass is 486 g/mol. The molecule has 1 N–H and O–H groups in total. The van der Waals surface area contributed by atoms with Crippen molar-refractivity contribution in [3.8, 4) is 0 Å². The molecule has 2 fully saturated rings. The number of anilines is 1. The molecule has 2 aromatic carbocycles. The normalized spacial score (nSPS) is 27.0. The molecule has 3 aliphatic rings. The van der Waals surface area contributed by atoms with E-state index < -0.39 is 22.3 Å². The number of ketones is 1. The molecule has 35 heavy (non-hydrogen) atoms. The van der Waals surface area contributed by atoms with Crippen molar-refractivity contribution < 1.29 is 14.5 Å². The molecule has 8 nitrogen and oxygen atoms in total. The van der Waals surface area contributed by atoms with Crippen LogP contribution in [0.15, 0.2) is 66.9 Å². The summed E-state index contributed by atoms with van der Waals surface area (Å²) in [6.45, 7) is 1.97. The minimum atomic E-state index is -1.22. The van der Waals surface area contributed by atoms with E-state index in [2.05, 4.69) is 15.2 Å². The van der Waals surface area contributed by atoms with Crippen LogP contribution in [0.3, 0.4) is 0 Å². The Labute approximate surface area is 205 Å². The Balaban J connectivity index is 1.63. The predicted molar refractivity (Wildman–Crippen MR) is 132 cm³/mol. The second-order valence-corrected chi connectivity index (χ2v) is 10.2. The largest absolute Gasteiger partial charge is 0.324 e. The molecule has 0 aliphatic carbocycles. The number of hydrogen-bond acceptors (Lipinski definition) is 7. The molecule has 9 heteroatoms. The van der Waals surface area contributed by atoms with E-state index in [-0.39, 0.29) is 29.1 Å². The van der Waals surface area contributed by atoms with Crippen molar-refractivity contribution in [1.29, 1.82) is 0 Å². The van der Waals surface area contributed by atoms with Crippen molar-refractivity contribution in [3.05, 3.63) is 99.4 Å². The van der Waals surface area contributed by atoms with Gasteiger partial charge in [0.05, 0.1) is 10.8 Å². The average Bonchev–Trinajstić information content (AvgIpc) is 3.52. The minimum absolute atomic E-state index is 0.0307. The smallest absolute Gasteiger partial charge is 0.269 e. The van der Waals surface area contributed by atoms with Crippen LogP contribution in [-0.4, -0.2) is 44.2 Å². The number of pyridine rings is 1. The Kier molecular flexibility index (Phi) is 5.01. The number of nitro groups is 1. The first kappa shape index (κ1) is 21.9. The predicted octanol–water partition coefficient (Wildman–Crippen LogP) is 4.12. The lowest BCUT2D eigenvalue weighted by Gasteiger charge is -2.36. The van der Waals surface area contributed by atoms with Crippen molar-refractivity contribution in [2.24, 2.45) is 5.92 Å². The third kappa shape index (κ3) is 3.08. The molecule has 1 spiro atoms. The zero-order chi connectivity index (χ0) is 24.3. The first-order valence-electron chi connectivity index (χ1n) is 11.4. The molecule has 6 rings (SSSR count). The lowest BCUT2D eigenvalue weighted by atomic mass is 9.70. The van der Waals surface area contributed by atoms with Crippen molar-refractivity contribution in [3.63, 3.8) is 0 Å². The van der Waals surface area contributed by atoms with Crippen molar-refractivity contribution in [2.75, 3.05) is 16.9 Å². The van der Waals surface area contributed by atoms with E-state index in [4.69, 9.17) is 0 Å². The van der Waals surface area contributed by atoms with Gasteiger partial charge >= 0.3 is 0 Å². The average molecular weight is 487 g/mol. The van der Waals surface area contributed by atoms with Crippen LogP contribution in [0, 0.1) is 23.0 Å². The summed E-state index contributed by atoms with van der Waals surface area (Å²) in [6.07, 6.45) is 1.57. The highest BCUT2D eigenvalue weighted by Crippen LogP contribution is 2.61. The first-order chi connectivity index (χ1) is 16.9. The number of Topliss-reactive ketones (excluding diaryl/α,β-unsaturated/α-hetero) is 1. The van der Waals surface area contributed by atoms with Crippen LogP contribution in [0.5, 0.6) is 0 Å².